The van der Waals surface area contributed by atoms with Crippen molar-refractivity contribution in [3.8, 4) is 0 Å². The maximum absolute atomic E-state index is 11.6. The van der Waals surface area contributed by atoms with Gasteiger partial charge in [0.15, 0.2) is 0 Å². The lowest BCUT2D eigenvalue weighted by Crippen LogP contribution is -2.27. The zero-order chi connectivity index (χ0) is 12.4. The molecule has 1 amide bonds. The molecule has 0 atom stereocenters. The largest absolute Gasteiger partial charge is 0.465 e. The lowest BCUT2D eigenvalue weighted by Gasteiger charge is -2.05. The van der Waals surface area contributed by atoms with Crippen molar-refractivity contribution in [3.63, 3.8) is 0 Å². The quantitative estimate of drug-likeness (QED) is 0.756. The van der Waals surface area contributed by atoms with Gasteiger partial charge in [0, 0.05) is 12.6 Å². The number of ether oxygens (including phenoxy) is 1. The summed E-state index contributed by atoms with van der Waals surface area (Å²) in [6.07, 6.45) is 0. The van der Waals surface area contributed by atoms with Gasteiger partial charge >= 0.3 is 5.97 Å². The van der Waals surface area contributed by atoms with Crippen LogP contribution in [0.3, 0.4) is 0 Å². The van der Waals surface area contributed by atoms with Crippen LogP contribution in [0.1, 0.15) is 21.5 Å². The third-order valence-corrected chi connectivity index (χ3v) is 2.64. The Hall–Kier alpha value is -2.17. The first-order valence-electron chi connectivity index (χ1n) is 5.15. The van der Waals surface area contributed by atoms with Gasteiger partial charge < -0.3 is 10.1 Å². The van der Waals surface area contributed by atoms with Crippen molar-refractivity contribution < 1.29 is 14.3 Å². The van der Waals surface area contributed by atoms with Crippen LogP contribution >= 0.6 is 0 Å². The van der Waals surface area contributed by atoms with E-state index < -0.39 is 5.97 Å². The summed E-state index contributed by atoms with van der Waals surface area (Å²) in [4.78, 5) is 27.1. The van der Waals surface area contributed by atoms with Crippen molar-refractivity contribution in [2.75, 3.05) is 14.2 Å². The number of esters is 1. The fourth-order valence-corrected chi connectivity index (χ4v) is 1.74. The van der Waals surface area contributed by atoms with E-state index in [0.29, 0.717) is 23.4 Å². The second-order valence-electron chi connectivity index (χ2n) is 3.61. The smallest absolute Gasteiger partial charge is 0.337 e. The van der Waals surface area contributed by atoms with E-state index >= 15 is 0 Å². The summed E-state index contributed by atoms with van der Waals surface area (Å²) in [7, 11) is 2.87. The molecule has 2 rings (SSSR count). The van der Waals surface area contributed by atoms with Gasteiger partial charge in [-0.3, -0.25) is 9.79 Å². The molecule has 1 heterocycles. The van der Waals surface area contributed by atoms with Gasteiger partial charge in [0.25, 0.3) is 5.91 Å². The van der Waals surface area contributed by atoms with Gasteiger partial charge in [-0.05, 0) is 17.7 Å². The number of benzene rings is 1. The number of carbonyl (C=O) groups is 2. The van der Waals surface area contributed by atoms with Gasteiger partial charge in [0.05, 0.1) is 19.2 Å². The van der Waals surface area contributed by atoms with Crippen molar-refractivity contribution in [2.45, 2.75) is 6.54 Å². The van der Waals surface area contributed by atoms with Crippen LogP contribution in [0.25, 0.3) is 0 Å². The number of nitrogens with zero attached hydrogens (tertiary/aromatic N) is 1. The van der Waals surface area contributed by atoms with Gasteiger partial charge in [0.1, 0.15) is 5.71 Å². The molecule has 5 heteroatoms. The van der Waals surface area contributed by atoms with Crippen molar-refractivity contribution in [1.29, 1.82) is 0 Å². The Kier molecular flexibility index (Phi) is 2.91. The molecule has 0 unspecified atom stereocenters. The molecule has 17 heavy (non-hydrogen) atoms. The summed E-state index contributed by atoms with van der Waals surface area (Å²) in [6, 6.07) is 5.11. The Bertz CT molecular complexity index is 520. The molecule has 1 N–H and O–H groups in total. The van der Waals surface area contributed by atoms with E-state index in [0.717, 1.165) is 5.56 Å². The molecule has 1 aromatic rings. The first kappa shape index (κ1) is 11.3. The second kappa shape index (κ2) is 4.37. The molecular formula is C12H12N2O3. The van der Waals surface area contributed by atoms with Crippen LogP contribution in [0.2, 0.25) is 0 Å². The number of carbonyl (C=O) groups excluding carboxylic acids is 2. The van der Waals surface area contributed by atoms with E-state index in [1.54, 1.807) is 25.2 Å². The number of nitrogens with one attached hydrogen (secondary N) is 1. The van der Waals surface area contributed by atoms with E-state index in [1.807, 2.05) is 0 Å². The van der Waals surface area contributed by atoms with Crippen molar-refractivity contribution >= 4 is 17.6 Å². The standard InChI is InChI=1S/C12H12N2O3/c1-13-11(15)10-9-5-7(12(16)17-2)3-4-8(9)6-14-10/h3-5H,6H2,1-2H3,(H,13,15). The van der Waals surface area contributed by atoms with Crippen LogP contribution in [0, 0.1) is 0 Å². The Morgan fingerprint density at radius 1 is 1.41 bits per heavy atom. The van der Waals surface area contributed by atoms with Gasteiger partial charge in [-0.2, -0.15) is 0 Å². The van der Waals surface area contributed by atoms with E-state index in [9.17, 15) is 9.59 Å². The van der Waals surface area contributed by atoms with Crippen LogP contribution < -0.4 is 5.32 Å². The number of hydrogen-bond donors (Lipinski definition) is 1. The average Bonchev–Trinajstić information content (AvgIpc) is 2.79. The highest BCUT2D eigenvalue weighted by molar-refractivity contribution is 6.46. The Balaban J connectivity index is 2.42. The second-order valence-corrected chi connectivity index (χ2v) is 3.61. The summed E-state index contributed by atoms with van der Waals surface area (Å²) < 4.78 is 4.64. The molecule has 0 aromatic heterocycles. The van der Waals surface area contributed by atoms with Crippen LogP contribution in [0.5, 0.6) is 0 Å². The monoisotopic (exact) mass is 232 g/mol. The predicted octanol–water partition coefficient (Wildman–Crippen LogP) is 0.522. The summed E-state index contributed by atoms with van der Waals surface area (Å²) >= 11 is 0. The summed E-state index contributed by atoms with van der Waals surface area (Å²) in [5.41, 5.74) is 2.43. The summed E-state index contributed by atoms with van der Waals surface area (Å²) in [5.74, 6) is -0.665. The topological polar surface area (TPSA) is 67.8 Å². The van der Waals surface area contributed by atoms with E-state index in [1.165, 1.54) is 7.11 Å². The van der Waals surface area contributed by atoms with Gasteiger partial charge in [0.2, 0.25) is 0 Å². The first-order chi connectivity index (χ1) is 8.17. The SMILES string of the molecule is CNC(=O)C1=NCc2ccc(C(=O)OC)cc21. The van der Waals surface area contributed by atoms with Crippen molar-refractivity contribution in [1.82, 2.24) is 5.32 Å². The molecule has 0 fully saturated rings. The molecule has 1 aromatic carbocycles. The summed E-state index contributed by atoms with van der Waals surface area (Å²) in [5, 5.41) is 2.52. The Labute approximate surface area is 98.5 Å². The Morgan fingerprint density at radius 2 is 2.18 bits per heavy atom. The third-order valence-electron chi connectivity index (χ3n) is 2.64. The normalized spacial score (nSPS) is 12.7. The Morgan fingerprint density at radius 3 is 2.82 bits per heavy atom. The minimum atomic E-state index is -0.420. The van der Waals surface area contributed by atoms with E-state index in [4.69, 9.17) is 0 Å². The fourth-order valence-electron chi connectivity index (χ4n) is 1.74. The van der Waals surface area contributed by atoms with Crippen LogP contribution in [-0.4, -0.2) is 31.7 Å². The maximum Gasteiger partial charge on any atom is 0.337 e. The van der Waals surface area contributed by atoms with Crippen LogP contribution in [0.4, 0.5) is 0 Å². The van der Waals surface area contributed by atoms with Crippen LogP contribution in [-0.2, 0) is 16.1 Å². The number of likely N-dealkylation sites (N-methyl/N-ethyl adjacent to an activating group) is 1. The van der Waals surface area contributed by atoms with Crippen LogP contribution in [0.15, 0.2) is 23.2 Å². The number of aliphatic imine (C=N–C) groups is 1. The number of methoxy groups -OCH3 is 1. The average molecular weight is 232 g/mol. The highest BCUT2D eigenvalue weighted by Crippen LogP contribution is 2.21. The van der Waals surface area contributed by atoms with Gasteiger partial charge in [-0.25, -0.2) is 4.79 Å². The van der Waals surface area contributed by atoms with Gasteiger partial charge in [-0.15, -0.1) is 0 Å². The highest BCUT2D eigenvalue weighted by Gasteiger charge is 2.22. The lowest BCUT2D eigenvalue weighted by molar-refractivity contribution is -0.114. The first-order valence-corrected chi connectivity index (χ1v) is 5.15. The highest BCUT2D eigenvalue weighted by atomic mass is 16.5. The molecule has 88 valence electrons. The fraction of sp³-hybridized carbons (Fsp3) is 0.250. The predicted molar refractivity (Wildman–Crippen MR) is 62.1 cm³/mol. The minimum Gasteiger partial charge on any atom is -0.465 e. The molecule has 5 nitrogen and oxygen atoms in total. The molecule has 1 aliphatic rings. The summed E-state index contributed by atoms with van der Waals surface area (Å²) in [6.45, 7) is 0.472. The van der Waals surface area contributed by atoms with E-state index in [-0.39, 0.29) is 5.91 Å². The zero-order valence-electron chi connectivity index (χ0n) is 9.61. The minimum absolute atomic E-state index is 0.245. The number of rotatable bonds is 2. The molecule has 0 saturated carbocycles. The zero-order valence-corrected chi connectivity index (χ0v) is 9.61. The van der Waals surface area contributed by atoms with Gasteiger partial charge in [-0.1, -0.05) is 6.07 Å². The molecule has 0 saturated heterocycles. The molecular weight excluding hydrogens is 220 g/mol. The molecule has 0 bridgehead atoms. The number of amides is 1. The number of fused-ring (bicyclic) bond motifs is 1. The number of hydrogen-bond acceptors (Lipinski definition) is 4. The maximum atomic E-state index is 11.6. The molecule has 0 aliphatic carbocycles. The van der Waals surface area contributed by atoms with Crippen molar-refractivity contribution in [2.24, 2.45) is 4.99 Å². The third kappa shape index (κ3) is 1.91. The molecule has 0 radical (unpaired) electrons. The lowest BCUT2D eigenvalue weighted by atomic mass is 10.0. The van der Waals surface area contributed by atoms with Crippen molar-refractivity contribution in [3.05, 3.63) is 34.9 Å². The molecule has 1 aliphatic heterocycles. The molecule has 0 spiro atoms. The van der Waals surface area contributed by atoms with E-state index in [2.05, 4.69) is 15.0 Å².